The monoisotopic (exact) mass is 198 g/mol. The molecule has 0 aromatic heterocycles. The summed E-state index contributed by atoms with van der Waals surface area (Å²) in [5.41, 5.74) is 5.40. The van der Waals surface area contributed by atoms with Crippen LogP contribution in [0.5, 0.6) is 0 Å². The molecule has 0 radical (unpaired) electrons. The van der Waals surface area contributed by atoms with E-state index in [2.05, 4.69) is 11.2 Å². The minimum absolute atomic E-state index is 0.0441. The lowest BCUT2D eigenvalue weighted by atomic mass is 10.1. The molecule has 0 aromatic rings. The van der Waals surface area contributed by atoms with Crippen molar-refractivity contribution in [1.29, 1.82) is 0 Å². The number of amides is 1. The fourth-order valence-electron chi connectivity index (χ4n) is 0.782. The number of carbonyl (C=O) groups excluding carboxylic acids is 1. The molecule has 0 aromatic carbocycles. The highest BCUT2D eigenvalue weighted by Crippen LogP contribution is 1.93. The van der Waals surface area contributed by atoms with E-state index in [1.807, 2.05) is 0 Å². The molecule has 0 aliphatic carbocycles. The molecular formula is C9H14N2O3. The first-order chi connectivity index (χ1) is 6.52. The van der Waals surface area contributed by atoms with Gasteiger partial charge in [0.05, 0.1) is 6.04 Å². The first-order valence-corrected chi connectivity index (χ1v) is 4.25. The Morgan fingerprint density at radius 2 is 2.21 bits per heavy atom. The Balaban J connectivity index is 4.24. The van der Waals surface area contributed by atoms with E-state index in [4.69, 9.17) is 17.3 Å². The SMILES string of the molecule is C#CCC(NC(=O)[C@H](N)CC)C(=O)O. The highest BCUT2D eigenvalue weighted by Gasteiger charge is 2.21. The van der Waals surface area contributed by atoms with Crippen LogP contribution in [0.2, 0.25) is 0 Å². The summed E-state index contributed by atoms with van der Waals surface area (Å²) < 4.78 is 0. The minimum atomic E-state index is -1.15. The number of nitrogens with one attached hydrogen (secondary N) is 1. The average Bonchev–Trinajstić information content (AvgIpc) is 2.15. The van der Waals surface area contributed by atoms with Crippen molar-refractivity contribution in [2.45, 2.75) is 31.8 Å². The molecule has 0 rings (SSSR count). The molecule has 0 fully saturated rings. The number of terminal acetylenes is 1. The highest BCUT2D eigenvalue weighted by molar-refractivity contribution is 5.86. The molecule has 1 unspecified atom stereocenters. The Kier molecular flexibility index (Phi) is 5.34. The number of hydrogen-bond acceptors (Lipinski definition) is 3. The van der Waals surface area contributed by atoms with Gasteiger partial charge in [0, 0.05) is 6.42 Å². The van der Waals surface area contributed by atoms with Crippen molar-refractivity contribution in [1.82, 2.24) is 5.32 Å². The van der Waals surface area contributed by atoms with Crippen molar-refractivity contribution in [2.75, 3.05) is 0 Å². The van der Waals surface area contributed by atoms with Crippen LogP contribution in [0.15, 0.2) is 0 Å². The predicted molar refractivity (Wildman–Crippen MR) is 51.3 cm³/mol. The van der Waals surface area contributed by atoms with E-state index < -0.39 is 24.0 Å². The summed E-state index contributed by atoms with van der Waals surface area (Å²) in [6.45, 7) is 1.74. The van der Waals surface area contributed by atoms with Crippen LogP contribution in [0.4, 0.5) is 0 Å². The zero-order valence-electron chi connectivity index (χ0n) is 7.99. The topological polar surface area (TPSA) is 92.4 Å². The van der Waals surface area contributed by atoms with Gasteiger partial charge in [-0.25, -0.2) is 4.79 Å². The van der Waals surface area contributed by atoms with Crippen molar-refractivity contribution in [3.8, 4) is 12.3 Å². The first-order valence-electron chi connectivity index (χ1n) is 4.25. The van der Waals surface area contributed by atoms with E-state index in [0.717, 1.165) is 0 Å². The van der Waals surface area contributed by atoms with Crippen LogP contribution < -0.4 is 11.1 Å². The summed E-state index contributed by atoms with van der Waals surface area (Å²) in [6, 6.07) is -1.74. The maximum Gasteiger partial charge on any atom is 0.327 e. The quantitative estimate of drug-likeness (QED) is 0.510. The standard InChI is InChI=1S/C9H14N2O3/c1-3-5-7(9(13)14)11-8(12)6(10)4-2/h1,6-7H,4-5,10H2,2H3,(H,11,12)(H,13,14)/t6-,7?/m1/s1. The molecule has 2 atom stereocenters. The lowest BCUT2D eigenvalue weighted by Gasteiger charge is -2.14. The number of carboxylic acids is 1. The Labute approximate surface area is 82.7 Å². The van der Waals surface area contributed by atoms with Gasteiger partial charge in [-0.15, -0.1) is 12.3 Å². The summed E-state index contributed by atoms with van der Waals surface area (Å²) in [4.78, 5) is 21.8. The van der Waals surface area contributed by atoms with Gasteiger partial charge in [0.2, 0.25) is 5.91 Å². The van der Waals surface area contributed by atoms with Gasteiger partial charge in [-0.1, -0.05) is 6.92 Å². The van der Waals surface area contributed by atoms with E-state index in [1.165, 1.54) is 0 Å². The summed E-state index contributed by atoms with van der Waals surface area (Å²) >= 11 is 0. The number of carbonyl (C=O) groups is 2. The van der Waals surface area contributed by atoms with E-state index >= 15 is 0 Å². The van der Waals surface area contributed by atoms with Crippen LogP contribution in [-0.4, -0.2) is 29.1 Å². The van der Waals surface area contributed by atoms with Gasteiger partial charge in [0.1, 0.15) is 6.04 Å². The van der Waals surface area contributed by atoms with Crippen LogP contribution >= 0.6 is 0 Å². The second-order valence-electron chi connectivity index (χ2n) is 2.82. The zero-order valence-corrected chi connectivity index (χ0v) is 7.99. The Bertz CT molecular complexity index is 257. The molecule has 0 spiro atoms. The molecule has 0 bridgehead atoms. The Hall–Kier alpha value is -1.54. The normalized spacial score (nSPS) is 13.8. The van der Waals surface area contributed by atoms with Gasteiger partial charge in [0.15, 0.2) is 0 Å². The molecule has 14 heavy (non-hydrogen) atoms. The number of rotatable bonds is 5. The maximum absolute atomic E-state index is 11.2. The molecule has 78 valence electrons. The van der Waals surface area contributed by atoms with Crippen molar-refractivity contribution >= 4 is 11.9 Å². The average molecular weight is 198 g/mol. The molecule has 0 aliphatic rings. The third kappa shape index (κ3) is 3.92. The van der Waals surface area contributed by atoms with E-state index in [-0.39, 0.29) is 6.42 Å². The number of nitrogens with two attached hydrogens (primary N) is 1. The van der Waals surface area contributed by atoms with Crippen LogP contribution in [-0.2, 0) is 9.59 Å². The van der Waals surface area contributed by atoms with E-state index in [1.54, 1.807) is 6.92 Å². The van der Waals surface area contributed by atoms with Crippen LogP contribution in [0.25, 0.3) is 0 Å². The smallest absolute Gasteiger partial charge is 0.327 e. The Morgan fingerprint density at radius 3 is 2.57 bits per heavy atom. The summed E-state index contributed by atoms with van der Waals surface area (Å²) in [5.74, 6) is 0.531. The van der Waals surface area contributed by atoms with Crippen molar-refractivity contribution in [3.63, 3.8) is 0 Å². The lowest BCUT2D eigenvalue weighted by Crippen LogP contribution is -2.48. The summed E-state index contributed by atoms with van der Waals surface area (Å²) in [6.07, 6.45) is 5.36. The van der Waals surface area contributed by atoms with Crippen molar-refractivity contribution in [2.24, 2.45) is 5.73 Å². The third-order valence-electron chi connectivity index (χ3n) is 1.71. The van der Waals surface area contributed by atoms with Crippen LogP contribution in [0.1, 0.15) is 19.8 Å². The first kappa shape index (κ1) is 12.5. The third-order valence-corrected chi connectivity index (χ3v) is 1.71. The highest BCUT2D eigenvalue weighted by atomic mass is 16.4. The Morgan fingerprint density at radius 1 is 1.64 bits per heavy atom. The molecule has 0 heterocycles. The van der Waals surface area contributed by atoms with Crippen LogP contribution in [0, 0.1) is 12.3 Å². The van der Waals surface area contributed by atoms with Crippen molar-refractivity contribution in [3.05, 3.63) is 0 Å². The second kappa shape index (κ2) is 6.00. The molecule has 0 saturated carbocycles. The second-order valence-corrected chi connectivity index (χ2v) is 2.82. The lowest BCUT2D eigenvalue weighted by molar-refractivity contribution is -0.141. The van der Waals surface area contributed by atoms with Gasteiger partial charge in [-0.2, -0.15) is 0 Å². The number of hydrogen-bond donors (Lipinski definition) is 3. The van der Waals surface area contributed by atoms with Crippen molar-refractivity contribution < 1.29 is 14.7 Å². The summed E-state index contributed by atoms with van der Waals surface area (Å²) in [7, 11) is 0. The van der Waals surface area contributed by atoms with E-state index in [9.17, 15) is 9.59 Å². The predicted octanol–water partition coefficient (Wildman–Crippen LogP) is -0.684. The van der Waals surface area contributed by atoms with Gasteiger partial charge >= 0.3 is 5.97 Å². The zero-order chi connectivity index (χ0) is 11.1. The number of carboxylic acid groups (broad SMARTS) is 1. The van der Waals surface area contributed by atoms with Gasteiger partial charge < -0.3 is 16.2 Å². The largest absolute Gasteiger partial charge is 0.480 e. The van der Waals surface area contributed by atoms with Gasteiger partial charge in [0.25, 0.3) is 0 Å². The number of aliphatic carboxylic acids is 1. The maximum atomic E-state index is 11.2. The molecular weight excluding hydrogens is 184 g/mol. The molecule has 5 heteroatoms. The van der Waals surface area contributed by atoms with Crippen LogP contribution in [0.3, 0.4) is 0 Å². The fraction of sp³-hybridized carbons (Fsp3) is 0.556. The van der Waals surface area contributed by atoms with E-state index in [0.29, 0.717) is 6.42 Å². The summed E-state index contributed by atoms with van der Waals surface area (Å²) in [5, 5.41) is 10.9. The molecule has 0 aliphatic heterocycles. The van der Waals surface area contributed by atoms with Gasteiger partial charge in [-0.05, 0) is 6.42 Å². The molecule has 0 saturated heterocycles. The van der Waals surface area contributed by atoms with Gasteiger partial charge in [-0.3, -0.25) is 4.79 Å². The minimum Gasteiger partial charge on any atom is -0.480 e. The molecule has 5 nitrogen and oxygen atoms in total. The fourth-order valence-corrected chi connectivity index (χ4v) is 0.782. The molecule has 4 N–H and O–H groups in total. The molecule has 1 amide bonds.